The lowest BCUT2D eigenvalue weighted by Crippen LogP contribution is -2.37. The molecule has 0 saturated carbocycles. The fourth-order valence-corrected chi connectivity index (χ4v) is 7.45. The van der Waals surface area contributed by atoms with Gasteiger partial charge in [0.25, 0.3) is 0 Å². The Hall–Kier alpha value is -2.14. The molecule has 1 rings (SSSR count). The van der Waals surface area contributed by atoms with Crippen molar-refractivity contribution in [2.75, 3.05) is 47.5 Å². The summed E-state index contributed by atoms with van der Waals surface area (Å²) in [6, 6.07) is 0. The molecular weight excluding hydrogens is 757 g/mol. The van der Waals surface area contributed by atoms with Gasteiger partial charge in [-0.25, -0.2) is 4.57 Å². The zero-order valence-electron chi connectivity index (χ0n) is 37.1. The number of aliphatic hydroxyl groups excluding tert-OH is 1. The third-order valence-electron chi connectivity index (χ3n) is 10.4. The standard InChI is InChI=1S/C46H82NO10P/c1-6-8-10-11-12-13-14-15-16-17-18-19-20-21-26-30-45(50)54-38-42(39-56-58(52,53)55-37-36-47(3,4)5)57-46(51)31-27-23-22-25-28-40-32-35-44(49)43(40)34-33-41(48)29-24-9-7-2/h22,25,32-35,40-43,48H,6-21,23-24,26-31,36-39H2,1-5H3/p+1/b25-22-,34-33+/t40-,41-,42+,43+/m0/s1. The summed E-state index contributed by atoms with van der Waals surface area (Å²) in [5, 5.41) is 10.2. The van der Waals surface area contributed by atoms with Crippen molar-refractivity contribution < 1.29 is 52.0 Å². The van der Waals surface area contributed by atoms with Crippen LogP contribution in [0.5, 0.6) is 0 Å². The number of phosphoric acid groups is 1. The molecule has 0 aliphatic heterocycles. The monoisotopic (exact) mass is 841 g/mol. The number of ketones is 1. The number of rotatable bonds is 38. The number of hydrogen-bond donors (Lipinski definition) is 2. The van der Waals surface area contributed by atoms with Gasteiger partial charge in [-0.2, -0.15) is 0 Å². The Balaban J connectivity index is 2.45. The van der Waals surface area contributed by atoms with E-state index in [1.807, 2.05) is 45.4 Å². The third-order valence-corrected chi connectivity index (χ3v) is 11.4. The number of likely N-dealkylation sites (N-methyl/N-ethyl adjacent to an activating group) is 1. The van der Waals surface area contributed by atoms with Crippen molar-refractivity contribution in [2.24, 2.45) is 11.8 Å². The number of quaternary nitrogens is 1. The number of esters is 2. The highest BCUT2D eigenvalue weighted by Crippen LogP contribution is 2.43. The van der Waals surface area contributed by atoms with Crippen LogP contribution in [0.15, 0.2) is 36.5 Å². The van der Waals surface area contributed by atoms with Crippen LogP contribution in [0.2, 0.25) is 0 Å². The minimum Gasteiger partial charge on any atom is -0.462 e. The molecule has 0 radical (unpaired) electrons. The zero-order chi connectivity index (χ0) is 42.9. The van der Waals surface area contributed by atoms with E-state index in [-0.39, 0.29) is 43.7 Å². The van der Waals surface area contributed by atoms with Crippen LogP contribution >= 0.6 is 7.82 Å². The van der Waals surface area contributed by atoms with Gasteiger partial charge in [-0.1, -0.05) is 153 Å². The lowest BCUT2D eigenvalue weighted by atomic mass is 9.90. The lowest BCUT2D eigenvalue weighted by Gasteiger charge is -2.24. The van der Waals surface area contributed by atoms with Gasteiger partial charge in [-0.15, -0.1) is 0 Å². The molecule has 1 unspecified atom stereocenters. The highest BCUT2D eigenvalue weighted by molar-refractivity contribution is 7.47. The largest absolute Gasteiger partial charge is 0.472 e. The van der Waals surface area contributed by atoms with E-state index in [9.17, 15) is 28.9 Å². The van der Waals surface area contributed by atoms with Crippen LogP contribution < -0.4 is 0 Å². The Bertz CT molecular complexity index is 1230. The van der Waals surface area contributed by atoms with Crippen molar-refractivity contribution >= 4 is 25.5 Å². The smallest absolute Gasteiger partial charge is 0.462 e. The Kier molecular flexibility index (Phi) is 31.2. The number of aliphatic hydroxyl groups is 1. The molecule has 0 aromatic carbocycles. The van der Waals surface area contributed by atoms with Crippen LogP contribution in [0, 0.1) is 11.8 Å². The van der Waals surface area contributed by atoms with E-state index in [0.717, 1.165) is 38.5 Å². The Morgan fingerprint density at radius 2 is 1.34 bits per heavy atom. The second kappa shape index (κ2) is 33.6. The molecule has 1 aliphatic rings. The fraction of sp³-hybridized carbons (Fsp3) is 0.804. The maximum atomic E-state index is 12.8. The molecule has 0 aromatic heterocycles. The van der Waals surface area contributed by atoms with Gasteiger partial charge in [-0.3, -0.25) is 23.4 Å². The molecule has 5 atom stereocenters. The van der Waals surface area contributed by atoms with Gasteiger partial charge in [-0.05, 0) is 44.1 Å². The summed E-state index contributed by atoms with van der Waals surface area (Å²) in [6.45, 7) is 4.10. The number of hydrogen-bond acceptors (Lipinski definition) is 9. The number of carbonyl (C=O) groups excluding carboxylic acids is 3. The number of nitrogens with zero attached hydrogens (tertiary/aromatic N) is 1. The Morgan fingerprint density at radius 1 is 0.776 bits per heavy atom. The van der Waals surface area contributed by atoms with Crippen LogP contribution in [0.4, 0.5) is 0 Å². The summed E-state index contributed by atoms with van der Waals surface area (Å²) in [5.74, 6) is -1.16. The molecule has 0 saturated heterocycles. The van der Waals surface area contributed by atoms with Crippen LogP contribution in [0.25, 0.3) is 0 Å². The molecule has 0 aromatic rings. The average Bonchev–Trinajstić information content (AvgIpc) is 3.52. The molecular formula is C46H83NO10P+. The summed E-state index contributed by atoms with van der Waals surface area (Å²) in [7, 11) is 1.36. The first-order chi connectivity index (χ1) is 27.8. The lowest BCUT2D eigenvalue weighted by molar-refractivity contribution is -0.870. The average molecular weight is 841 g/mol. The zero-order valence-corrected chi connectivity index (χ0v) is 38.0. The van der Waals surface area contributed by atoms with Crippen molar-refractivity contribution in [3.63, 3.8) is 0 Å². The van der Waals surface area contributed by atoms with Crippen molar-refractivity contribution in [3.8, 4) is 0 Å². The highest BCUT2D eigenvalue weighted by atomic mass is 31.2. The Labute approximate surface area is 352 Å². The number of unbranched alkanes of at least 4 members (excludes halogenated alkanes) is 17. The topological polar surface area (TPSA) is 146 Å². The molecule has 0 heterocycles. The first-order valence-electron chi connectivity index (χ1n) is 22.8. The van der Waals surface area contributed by atoms with E-state index in [1.54, 1.807) is 12.2 Å². The second-order valence-corrected chi connectivity index (χ2v) is 18.6. The number of phosphoric ester groups is 1. The fourth-order valence-electron chi connectivity index (χ4n) is 6.71. The molecule has 11 nitrogen and oxygen atoms in total. The van der Waals surface area contributed by atoms with Crippen molar-refractivity contribution in [3.05, 3.63) is 36.5 Å². The van der Waals surface area contributed by atoms with E-state index in [1.165, 1.54) is 70.6 Å². The second-order valence-electron chi connectivity index (χ2n) is 17.1. The van der Waals surface area contributed by atoms with Gasteiger partial charge < -0.3 is 24.0 Å². The van der Waals surface area contributed by atoms with E-state index in [4.69, 9.17) is 18.5 Å². The maximum Gasteiger partial charge on any atom is 0.472 e. The predicted octanol–water partition coefficient (Wildman–Crippen LogP) is 10.5. The molecule has 58 heavy (non-hydrogen) atoms. The number of carbonyl (C=O) groups is 3. The first kappa shape index (κ1) is 53.9. The molecule has 0 fully saturated rings. The van der Waals surface area contributed by atoms with Crippen molar-refractivity contribution in [1.29, 1.82) is 0 Å². The van der Waals surface area contributed by atoms with E-state index in [2.05, 4.69) is 13.8 Å². The van der Waals surface area contributed by atoms with Gasteiger partial charge in [0.2, 0.25) is 0 Å². The minimum absolute atomic E-state index is 0.00353. The minimum atomic E-state index is -4.43. The van der Waals surface area contributed by atoms with Gasteiger partial charge in [0.1, 0.15) is 19.8 Å². The van der Waals surface area contributed by atoms with Crippen LogP contribution in [-0.4, -0.2) is 91.9 Å². The maximum absolute atomic E-state index is 12.8. The first-order valence-corrected chi connectivity index (χ1v) is 24.3. The molecule has 12 heteroatoms. The van der Waals surface area contributed by atoms with E-state index >= 15 is 0 Å². The third kappa shape index (κ3) is 30.8. The molecule has 336 valence electrons. The highest BCUT2D eigenvalue weighted by Gasteiger charge is 2.28. The summed E-state index contributed by atoms with van der Waals surface area (Å²) < 4.78 is 34.3. The SMILES string of the molecule is CCCCCCCCCCCCCCCCCC(=O)OC[C@H](COP(=O)(O)OCC[N+](C)(C)C)OC(=O)CCC/C=C\C[C@H]1C=CC(=O)[C@@H]1/C=C/[C@@H](O)CCCCC. The summed E-state index contributed by atoms with van der Waals surface area (Å²) in [5.41, 5.74) is 0. The molecule has 0 bridgehead atoms. The predicted molar refractivity (Wildman–Crippen MR) is 233 cm³/mol. The van der Waals surface area contributed by atoms with Gasteiger partial charge in [0, 0.05) is 18.8 Å². The van der Waals surface area contributed by atoms with E-state index in [0.29, 0.717) is 43.1 Å². The number of allylic oxidation sites excluding steroid dienone is 5. The van der Waals surface area contributed by atoms with Gasteiger partial charge >= 0.3 is 19.8 Å². The molecule has 1 aliphatic carbocycles. The molecule has 2 N–H and O–H groups in total. The normalized spacial score (nSPS) is 17.9. The summed E-state index contributed by atoms with van der Waals surface area (Å²) in [4.78, 5) is 47.9. The quantitative estimate of drug-likeness (QED) is 0.0203. The van der Waals surface area contributed by atoms with Crippen molar-refractivity contribution in [2.45, 2.75) is 180 Å². The number of ether oxygens (including phenoxy) is 2. The summed E-state index contributed by atoms with van der Waals surface area (Å²) in [6.07, 6.45) is 33.9. The van der Waals surface area contributed by atoms with Crippen molar-refractivity contribution in [1.82, 2.24) is 0 Å². The van der Waals surface area contributed by atoms with Gasteiger partial charge in [0.05, 0.1) is 33.9 Å². The molecule has 0 amide bonds. The van der Waals surface area contributed by atoms with Gasteiger partial charge in [0.15, 0.2) is 11.9 Å². The van der Waals surface area contributed by atoms with Crippen LogP contribution in [-0.2, 0) is 37.5 Å². The van der Waals surface area contributed by atoms with Crippen LogP contribution in [0.3, 0.4) is 0 Å². The molecule has 0 spiro atoms. The van der Waals surface area contributed by atoms with E-state index < -0.39 is 38.6 Å². The van der Waals surface area contributed by atoms with Crippen LogP contribution in [0.1, 0.15) is 168 Å². The Morgan fingerprint density at radius 3 is 1.95 bits per heavy atom. The summed E-state index contributed by atoms with van der Waals surface area (Å²) >= 11 is 0.